The molecule has 6 fully saturated rings. The molecule has 4 amide bonds. The van der Waals surface area contributed by atoms with E-state index in [-0.39, 0.29) is 18.7 Å². The summed E-state index contributed by atoms with van der Waals surface area (Å²) in [5.41, 5.74) is 7.32. The largest absolute Gasteiger partial charge is 0.494 e. The van der Waals surface area contributed by atoms with Gasteiger partial charge in [0, 0.05) is 120 Å². The molecule has 20 nitrogen and oxygen atoms in total. The minimum absolute atomic E-state index is 0.0932. The van der Waals surface area contributed by atoms with Crippen LogP contribution in [-0.2, 0) is 30.2 Å². The van der Waals surface area contributed by atoms with Crippen molar-refractivity contribution in [3.05, 3.63) is 88.3 Å². The van der Waals surface area contributed by atoms with Crippen molar-refractivity contribution >= 4 is 87.0 Å². The summed E-state index contributed by atoms with van der Waals surface area (Å²) in [5.74, 6) is -0.0777. The maximum atomic E-state index is 13.8. The number of anilines is 6. The zero-order valence-corrected chi connectivity index (χ0v) is 45.6. The first-order valence-corrected chi connectivity index (χ1v) is 28.5. The highest BCUT2D eigenvalue weighted by molar-refractivity contribution is 9.10. The van der Waals surface area contributed by atoms with Crippen LogP contribution in [0.25, 0.3) is 11.1 Å². The molecule has 2 saturated carbocycles. The van der Waals surface area contributed by atoms with Gasteiger partial charge in [-0.2, -0.15) is 10.1 Å². The highest BCUT2D eigenvalue weighted by atomic mass is 79.9. The molecular formula is C54H62BrN12O8P. The molecule has 12 rings (SSSR count). The number of aromatic nitrogens is 4. The Kier molecular flexibility index (Phi) is 13.3. The predicted molar refractivity (Wildman–Crippen MR) is 290 cm³/mol. The number of imide groups is 2. The summed E-state index contributed by atoms with van der Waals surface area (Å²) in [4.78, 5) is 71.5. The van der Waals surface area contributed by atoms with Crippen molar-refractivity contribution in [1.29, 1.82) is 0 Å². The number of benzene rings is 3. The van der Waals surface area contributed by atoms with Crippen molar-refractivity contribution < 1.29 is 37.5 Å². The van der Waals surface area contributed by atoms with Gasteiger partial charge in [0.1, 0.15) is 17.6 Å². The number of nitrogens with one attached hydrogen (secondary N) is 3. The Labute approximate surface area is 449 Å². The van der Waals surface area contributed by atoms with E-state index >= 15 is 0 Å². The van der Waals surface area contributed by atoms with Crippen LogP contribution in [0.4, 0.5) is 34.5 Å². The number of hydrogen-bond donors (Lipinski definition) is 3. The van der Waals surface area contributed by atoms with Crippen LogP contribution in [0.1, 0.15) is 83.6 Å². The SMILES string of the molecule is COc1cc(N2CCN(C3CC4(CCN(C5CN(c6ccc7c(c6)C(=O)N(C6CCC(=O)NC6=O)C7=O)C5)CC4)C3)CC2)c(-c2cnn(C)c2)cc1Nc1ncc(Br)c(Nc2ccc(C3CC3)cc2P(=O)(OC)OC)n1. The molecule has 0 radical (unpaired) electrons. The van der Waals surface area contributed by atoms with Gasteiger partial charge in [-0.05, 0) is 127 Å². The molecule has 22 heteroatoms. The van der Waals surface area contributed by atoms with Crippen molar-refractivity contribution in [3.63, 3.8) is 0 Å². The van der Waals surface area contributed by atoms with Crippen LogP contribution < -0.4 is 35.8 Å². The number of methoxy groups -OCH3 is 1. The first kappa shape index (κ1) is 50.6. The van der Waals surface area contributed by atoms with Crippen molar-refractivity contribution in [2.75, 3.05) is 94.1 Å². The number of piperazine rings is 1. The highest BCUT2D eigenvalue weighted by Gasteiger charge is 2.50. The van der Waals surface area contributed by atoms with Crippen LogP contribution in [0.15, 0.2) is 71.6 Å². The summed E-state index contributed by atoms with van der Waals surface area (Å²) >= 11 is 3.62. The number of fused-ring (bicyclic) bond motifs is 1. The van der Waals surface area contributed by atoms with Gasteiger partial charge >= 0.3 is 7.60 Å². The topological polar surface area (TPSA) is 209 Å². The number of halogens is 1. The number of carbonyl (C=O) groups excluding carboxylic acids is 4. The molecule has 3 aromatic carbocycles. The molecule has 76 heavy (non-hydrogen) atoms. The Morgan fingerprint density at radius 3 is 2.20 bits per heavy atom. The number of rotatable bonds is 15. The number of aryl methyl sites for hydroxylation is 1. The average molecular weight is 1120 g/mol. The van der Waals surface area contributed by atoms with E-state index in [1.807, 2.05) is 48.4 Å². The lowest BCUT2D eigenvalue weighted by atomic mass is 9.59. The Balaban J connectivity index is 0.661. The number of hydrogen-bond acceptors (Lipinski definition) is 17. The maximum Gasteiger partial charge on any atom is 0.362 e. The lowest BCUT2D eigenvalue weighted by Crippen LogP contribution is -2.64. The molecular weight excluding hydrogens is 1060 g/mol. The molecule has 0 bridgehead atoms. The lowest BCUT2D eigenvalue weighted by Gasteiger charge is -2.58. The fourth-order valence-electron chi connectivity index (χ4n) is 12.3. The van der Waals surface area contributed by atoms with Crippen LogP contribution in [0.3, 0.4) is 0 Å². The van der Waals surface area contributed by atoms with E-state index < -0.39 is 31.4 Å². The summed E-state index contributed by atoms with van der Waals surface area (Å²) in [7, 11) is 2.75. The van der Waals surface area contributed by atoms with E-state index in [0.29, 0.717) is 73.2 Å². The quantitative estimate of drug-likeness (QED) is 0.0729. The van der Waals surface area contributed by atoms with Gasteiger partial charge < -0.3 is 34.2 Å². The normalized spacial score (nSPS) is 21.4. The Bertz CT molecular complexity index is 3190. The minimum atomic E-state index is -3.62. The minimum Gasteiger partial charge on any atom is -0.494 e. The predicted octanol–water partition coefficient (Wildman–Crippen LogP) is 6.78. The van der Waals surface area contributed by atoms with Crippen LogP contribution in [-0.4, -0.2) is 150 Å². The Morgan fingerprint density at radius 2 is 1.51 bits per heavy atom. The van der Waals surface area contributed by atoms with Gasteiger partial charge in [-0.15, -0.1) is 0 Å². The third-order valence-corrected chi connectivity index (χ3v) is 19.5. The fraction of sp³-hybridized carbons (Fsp3) is 0.463. The zero-order chi connectivity index (χ0) is 52.6. The van der Waals surface area contributed by atoms with Crippen LogP contribution in [0.5, 0.6) is 5.75 Å². The van der Waals surface area contributed by atoms with Gasteiger partial charge in [0.15, 0.2) is 0 Å². The first-order valence-electron chi connectivity index (χ1n) is 26.2. The fourth-order valence-corrected chi connectivity index (χ4v) is 13.9. The van der Waals surface area contributed by atoms with Crippen molar-refractivity contribution in [3.8, 4) is 16.9 Å². The molecule has 7 aliphatic rings. The summed E-state index contributed by atoms with van der Waals surface area (Å²) in [6.45, 7) is 7.56. The molecule has 2 aliphatic carbocycles. The molecule has 3 N–H and O–H groups in total. The van der Waals surface area contributed by atoms with Crippen LogP contribution >= 0.6 is 23.5 Å². The second-order valence-electron chi connectivity index (χ2n) is 21.4. The number of piperidine rings is 2. The van der Waals surface area contributed by atoms with E-state index in [4.69, 9.17) is 18.8 Å². The smallest absolute Gasteiger partial charge is 0.362 e. The molecule has 1 spiro atoms. The van der Waals surface area contributed by atoms with Crippen molar-refractivity contribution in [2.24, 2.45) is 12.5 Å². The van der Waals surface area contributed by atoms with Crippen molar-refractivity contribution in [1.82, 2.24) is 39.8 Å². The third-order valence-electron chi connectivity index (χ3n) is 17.0. The average Bonchev–Trinajstić information content (AvgIpc) is 4.17. The van der Waals surface area contributed by atoms with Gasteiger partial charge in [-0.3, -0.25) is 48.4 Å². The Hall–Kier alpha value is -6.22. The highest BCUT2D eigenvalue weighted by Crippen LogP contribution is 2.53. The second-order valence-corrected chi connectivity index (χ2v) is 24.4. The van der Waals surface area contributed by atoms with Gasteiger partial charge in [0.05, 0.1) is 45.6 Å². The van der Waals surface area contributed by atoms with Crippen LogP contribution in [0, 0.1) is 5.41 Å². The standard InChI is InChI=1S/C54H62BrN12O8P/c1-62-29-34(27-57-62)39-23-43(59-53-56-28-41(55)49(61-53)58-42-10-7-33(32-5-6-32)21-47(42)76(72,74-3)75-4)46(73-2)24-45(39)65-19-17-64(18-20-65)36-25-54(26-36)13-15-63(16-14-54)37-30-66(31-37)35-8-9-38-40(22-35)52(71)67(51(38)70)44-11-12-48(68)60-50(44)69/h7-10,21-24,27-29,32,36-37,44H,5-6,11-20,25-26,30-31H2,1-4H3,(H,60,68,69)(H2,56,58,59,61). The van der Waals surface area contributed by atoms with E-state index in [1.54, 1.807) is 25.4 Å². The van der Waals surface area contributed by atoms with Crippen LogP contribution in [0.2, 0.25) is 0 Å². The molecule has 398 valence electrons. The first-order chi connectivity index (χ1) is 36.7. The Morgan fingerprint density at radius 1 is 0.776 bits per heavy atom. The molecule has 4 saturated heterocycles. The van der Waals surface area contributed by atoms with Gasteiger partial charge in [-0.25, -0.2) is 4.98 Å². The van der Waals surface area contributed by atoms with E-state index in [2.05, 4.69) is 73.7 Å². The number of ether oxygens (including phenoxy) is 1. The number of likely N-dealkylation sites (tertiary alicyclic amines) is 1. The van der Waals surface area contributed by atoms with E-state index in [0.717, 1.165) is 98.2 Å². The van der Waals surface area contributed by atoms with E-state index in [9.17, 15) is 23.7 Å². The zero-order valence-electron chi connectivity index (χ0n) is 43.1. The molecule has 1 unspecified atom stereocenters. The summed E-state index contributed by atoms with van der Waals surface area (Å²) < 4.78 is 33.2. The summed E-state index contributed by atoms with van der Waals surface area (Å²) in [5, 5.41) is 14.0. The molecule has 2 aromatic heterocycles. The van der Waals surface area contributed by atoms with Gasteiger partial charge in [0.2, 0.25) is 17.8 Å². The monoisotopic (exact) mass is 1120 g/mol. The second kappa shape index (κ2) is 20.0. The number of amides is 4. The number of nitrogens with zero attached hydrogens (tertiary/aromatic N) is 9. The van der Waals surface area contributed by atoms with Crippen molar-refractivity contribution in [2.45, 2.75) is 75.4 Å². The van der Waals surface area contributed by atoms with E-state index in [1.165, 1.54) is 39.9 Å². The summed E-state index contributed by atoms with van der Waals surface area (Å²) in [6.07, 6.45) is 12.9. The molecule has 5 aliphatic heterocycles. The van der Waals surface area contributed by atoms with Gasteiger partial charge in [0.25, 0.3) is 11.8 Å². The number of carbonyl (C=O) groups is 4. The molecule has 5 aromatic rings. The maximum absolute atomic E-state index is 13.8. The molecule has 7 heterocycles. The summed E-state index contributed by atoms with van der Waals surface area (Å²) in [6, 6.07) is 15.5. The van der Waals surface area contributed by atoms with Gasteiger partial charge in [-0.1, -0.05) is 6.07 Å². The third kappa shape index (κ3) is 9.35. The lowest BCUT2D eigenvalue weighted by molar-refractivity contribution is -0.136. The molecule has 1 atom stereocenters.